The molecule has 76 valence electrons. The van der Waals surface area contributed by atoms with Gasteiger partial charge in [-0.1, -0.05) is 5.92 Å². The van der Waals surface area contributed by atoms with Gasteiger partial charge in [0.05, 0.1) is 17.7 Å². The lowest BCUT2D eigenvalue weighted by atomic mass is 10.2. The van der Waals surface area contributed by atoms with E-state index >= 15 is 0 Å². The molecule has 1 rings (SSSR count). The number of anilines is 1. The molecule has 1 aromatic carbocycles. The fraction of sp³-hybridized carbons (Fsp3) is 0.182. The van der Waals surface area contributed by atoms with Crippen LogP contribution in [0.25, 0.3) is 0 Å². The van der Waals surface area contributed by atoms with E-state index in [2.05, 4.69) is 11.2 Å². The van der Waals surface area contributed by atoms with Crippen LogP contribution >= 0.6 is 0 Å². The molecule has 15 heavy (non-hydrogen) atoms. The molecule has 0 aliphatic heterocycles. The van der Waals surface area contributed by atoms with Crippen molar-refractivity contribution in [1.29, 1.82) is 5.26 Å². The molecule has 1 atom stereocenters. The highest BCUT2D eigenvalue weighted by atomic mass is 19.1. The highest BCUT2D eigenvalue weighted by Crippen LogP contribution is 2.21. The van der Waals surface area contributed by atoms with E-state index in [0.717, 1.165) is 12.1 Å². The second kappa shape index (κ2) is 4.43. The minimum atomic E-state index is -0.825. The highest BCUT2D eigenvalue weighted by molar-refractivity contribution is 5.51. The molecular formula is C11H8F2N2. The molecule has 0 bridgehead atoms. The number of benzene rings is 1. The summed E-state index contributed by atoms with van der Waals surface area (Å²) >= 11 is 0. The van der Waals surface area contributed by atoms with E-state index in [9.17, 15) is 8.78 Å². The quantitative estimate of drug-likeness (QED) is 0.753. The van der Waals surface area contributed by atoms with Crippen LogP contribution < -0.4 is 5.32 Å². The Morgan fingerprint density at radius 1 is 1.40 bits per heavy atom. The SMILES string of the molecule is C#CC(C)Nc1c(F)cc(C#N)cc1F. The Balaban J connectivity index is 3.11. The van der Waals surface area contributed by atoms with Gasteiger partial charge in [-0.25, -0.2) is 8.78 Å². The fourth-order valence-corrected chi connectivity index (χ4v) is 1.03. The first-order valence-electron chi connectivity index (χ1n) is 4.20. The number of terminal acetylenes is 1. The van der Waals surface area contributed by atoms with Crippen LogP contribution in [0, 0.1) is 35.3 Å². The minimum absolute atomic E-state index is 0.0658. The summed E-state index contributed by atoms with van der Waals surface area (Å²) in [5, 5.41) is 11.0. The maximum absolute atomic E-state index is 13.3. The first-order valence-corrected chi connectivity index (χ1v) is 4.20. The van der Waals surface area contributed by atoms with Crippen molar-refractivity contribution in [3.63, 3.8) is 0 Å². The van der Waals surface area contributed by atoms with Crippen LogP contribution in [0.3, 0.4) is 0 Å². The van der Waals surface area contributed by atoms with E-state index in [0.29, 0.717) is 0 Å². The maximum atomic E-state index is 13.3. The third-order valence-electron chi connectivity index (χ3n) is 1.78. The van der Waals surface area contributed by atoms with Gasteiger partial charge in [0.2, 0.25) is 0 Å². The van der Waals surface area contributed by atoms with Gasteiger partial charge in [-0.15, -0.1) is 6.42 Å². The predicted molar refractivity (Wildman–Crippen MR) is 53.0 cm³/mol. The average Bonchev–Trinajstić information content (AvgIpc) is 2.22. The normalized spacial score (nSPS) is 11.3. The molecule has 0 saturated heterocycles. The largest absolute Gasteiger partial charge is 0.367 e. The molecule has 0 heterocycles. The number of nitriles is 1. The van der Waals surface area contributed by atoms with Crippen molar-refractivity contribution in [2.45, 2.75) is 13.0 Å². The molecule has 0 spiro atoms. The van der Waals surface area contributed by atoms with Crippen molar-refractivity contribution in [3.8, 4) is 18.4 Å². The van der Waals surface area contributed by atoms with Gasteiger partial charge in [-0.2, -0.15) is 5.26 Å². The molecule has 0 aliphatic carbocycles. The summed E-state index contributed by atoms with van der Waals surface area (Å²) < 4.78 is 26.5. The maximum Gasteiger partial charge on any atom is 0.150 e. The summed E-state index contributed by atoms with van der Waals surface area (Å²) in [5.74, 6) is 0.636. The van der Waals surface area contributed by atoms with Gasteiger partial charge in [0.25, 0.3) is 0 Å². The van der Waals surface area contributed by atoms with Gasteiger partial charge in [-0.05, 0) is 19.1 Å². The summed E-state index contributed by atoms with van der Waals surface area (Å²) in [7, 11) is 0. The smallest absolute Gasteiger partial charge is 0.150 e. The Bertz CT molecular complexity index is 432. The summed E-state index contributed by atoms with van der Waals surface area (Å²) in [6, 6.07) is 3.08. The van der Waals surface area contributed by atoms with Gasteiger partial charge in [0.1, 0.15) is 5.69 Å². The van der Waals surface area contributed by atoms with E-state index in [1.807, 2.05) is 0 Å². The van der Waals surface area contributed by atoms with E-state index in [4.69, 9.17) is 11.7 Å². The van der Waals surface area contributed by atoms with Crippen LogP contribution in [0.5, 0.6) is 0 Å². The van der Waals surface area contributed by atoms with Crippen molar-refractivity contribution in [2.75, 3.05) is 5.32 Å². The van der Waals surface area contributed by atoms with Crippen molar-refractivity contribution in [1.82, 2.24) is 0 Å². The van der Waals surface area contributed by atoms with E-state index < -0.39 is 17.7 Å². The molecular weight excluding hydrogens is 198 g/mol. The second-order valence-electron chi connectivity index (χ2n) is 2.96. The lowest BCUT2D eigenvalue weighted by molar-refractivity contribution is 0.586. The van der Waals surface area contributed by atoms with Gasteiger partial charge < -0.3 is 5.32 Å². The lowest BCUT2D eigenvalue weighted by Gasteiger charge is -2.11. The van der Waals surface area contributed by atoms with E-state index in [-0.39, 0.29) is 11.3 Å². The summed E-state index contributed by atoms with van der Waals surface area (Å²) in [6.45, 7) is 1.59. The van der Waals surface area contributed by atoms with Gasteiger partial charge >= 0.3 is 0 Å². The summed E-state index contributed by atoms with van der Waals surface area (Å²) in [4.78, 5) is 0. The zero-order valence-electron chi connectivity index (χ0n) is 8.01. The van der Waals surface area contributed by atoms with Gasteiger partial charge in [0.15, 0.2) is 11.6 Å². The number of rotatable bonds is 2. The average molecular weight is 206 g/mol. The van der Waals surface area contributed by atoms with Crippen LogP contribution in [0.4, 0.5) is 14.5 Å². The molecule has 0 saturated carbocycles. The second-order valence-corrected chi connectivity index (χ2v) is 2.96. The molecule has 0 aromatic heterocycles. The number of halogens is 2. The van der Waals surface area contributed by atoms with Crippen molar-refractivity contribution in [2.24, 2.45) is 0 Å². The van der Waals surface area contributed by atoms with Crippen LogP contribution in [-0.2, 0) is 0 Å². The molecule has 1 aromatic rings. The van der Waals surface area contributed by atoms with Gasteiger partial charge in [-0.3, -0.25) is 0 Å². The van der Waals surface area contributed by atoms with Crippen LogP contribution in [0.2, 0.25) is 0 Å². The number of nitrogens with one attached hydrogen (secondary N) is 1. The standard InChI is InChI=1S/C11H8F2N2/c1-3-7(2)15-11-9(12)4-8(6-14)5-10(11)13/h1,4-5,7,15H,2H3. The molecule has 2 nitrogen and oxygen atoms in total. The predicted octanol–water partition coefficient (Wildman–Crippen LogP) is 2.27. The fourth-order valence-electron chi connectivity index (χ4n) is 1.03. The Morgan fingerprint density at radius 3 is 2.33 bits per heavy atom. The molecule has 0 amide bonds. The Kier molecular flexibility index (Phi) is 3.25. The van der Waals surface area contributed by atoms with E-state index in [1.54, 1.807) is 13.0 Å². The molecule has 1 N–H and O–H groups in total. The van der Waals surface area contributed by atoms with E-state index in [1.165, 1.54) is 0 Å². The van der Waals surface area contributed by atoms with Crippen LogP contribution in [0.15, 0.2) is 12.1 Å². The molecule has 0 fully saturated rings. The third kappa shape index (κ3) is 2.45. The molecule has 0 radical (unpaired) electrons. The molecule has 0 aliphatic rings. The Labute approximate surface area is 86.5 Å². The third-order valence-corrected chi connectivity index (χ3v) is 1.78. The van der Waals surface area contributed by atoms with Crippen molar-refractivity contribution >= 4 is 5.69 Å². The first-order chi connectivity index (χ1) is 7.08. The zero-order valence-corrected chi connectivity index (χ0v) is 8.01. The summed E-state index contributed by atoms with van der Waals surface area (Å²) in [6.07, 6.45) is 5.07. The monoisotopic (exact) mass is 206 g/mol. The summed E-state index contributed by atoms with van der Waals surface area (Å²) in [5.41, 5.74) is -0.372. The number of hydrogen-bond acceptors (Lipinski definition) is 2. The molecule has 4 heteroatoms. The zero-order chi connectivity index (χ0) is 11.4. The van der Waals surface area contributed by atoms with Gasteiger partial charge in [0, 0.05) is 0 Å². The number of hydrogen-bond donors (Lipinski definition) is 1. The first kappa shape index (κ1) is 11.0. The Morgan fingerprint density at radius 2 is 1.93 bits per heavy atom. The van der Waals surface area contributed by atoms with Crippen molar-refractivity contribution in [3.05, 3.63) is 29.3 Å². The minimum Gasteiger partial charge on any atom is -0.367 e. The number of nitrogens with zero attached hydrogens (tertiary/aromatic N) is 1. The Hall–Kier alpha value is -2.07. The molecule has 1 unspecified atom stereocenters. The topological polar surface area (TPSA) is 35.8 Å². The van der Waals surface area contributed by atoms with Crippen LogP contribution in [-0.4, -0.2) is 6.04 Å². The highest BCUT2D eigenvalue weighted by Gasteiger charge is 2.12. The van der Waals surface area contributed by atoms with Crippen molar-refractivity contribution < 1.29 is 8.78 Å². The van der Waals surface area contributed by atoms with Crippen LogP contribution in [0.1, 0.15) is 12.5 Å². The lowest BCUT2D eigenvalue weighted by Crippen LogP contribution is -2.14.